The Morgan fingerprint density at radius 1 is 1.35 bits per heavy atom. The molecule has 3 rings (SSSR count). The fourth-order valence-corrected chi connectivity index (χ4v) is 4.58. The fraction of sp³-hybridized carbons (Fsp3) is 0.375. The van der Waals surface area contributed by atoms with Gasteiger partial charge >= 0.3 is 5.97 Å². The van der Waals surface area contributed by atoms with Gasteiger partial charge < -0.3 is 14.5 Å². The minimum Gasteiger partial charge on any atom is -0.465 e. The zero-order valence-corrected chi connectivity index (χ0v) is 15.2. The maximum absolute atomic E-state index is 12.5. The van der Waals surface area contributed by atoms with Crippen LogP contribution >= 0.6 is 27.3 Å². The van der Waals surface area contributed by atoms with Gasteiger partial charge in [-0.3, -0.25) is 4.79 Å². The fourth-order valence-electron chi connectivity index (χ4n) is 2.80. The monoisotopic (exact) mass is 397 g/mol. The number of furan rings is 1. The summed E-state index contributed by atoms with van der Waals surface area (Å²) in [6, 6.07) is 1.73. The van der Waals surface area contributed by atoms with Gasteiger partial charge in [0.2, 0.25) is 0 Å². The first-order valence-corrected chi connectivity index (χ1v) is 8.92. The van der Waals surface area contributed by atoms with Crippen LogP contribution in [0.5, 0.6) is 0 Å². The molecule has 1 amide bonds. The topological polar surface area (TPSA) is 68.5 Å². The van der Waals surface area contributed by atoms with E-state index in [2.05, 4.69) is 21.2 Å². The quantitative estimate of drug-likeness (QED) is 0.782. The highest BCUT2D eigenvalue weighted by Gasteiger charge is 2.28. The minimum absolute atomic E-state index is 0.235. The first-order chi connectivity index (χ1) is 11.0. The summed E-state index contributed by atoms with van der Waals surface area (Å²) < 4.78 is 10.8. The lowest BCUT2D eigenvalue weighted by atomic mass is 9.95. The average Bonchev–Trinajstić information content (AvgIpc) is 3.05. The van der Waals surface area contributed by atoms with Crippen molar-refractivity contribution in [3.63, 3.8) is 0 Å². The van der Waals surface area contributed by atoms with Gasteiger partial charge in [-0.05, 0) is 60.2 Å². The van der Waals surface area contributed by atoms with Gasteiger partial charge in [0, 0.05) is 10.4 Å². The highest BCUT2D eigenvalue weighted by Crippen LogP contribution is 2.39. The van der Waals surface area contributed by atoms with Crippen LogP contribution in [-0.2, 0) is 17.6 Å². The SMILES string of the molecule is COC(=O)c1c(NC(=O)c2oc(Br)cc2C)sc2c1CCCC2. The Balaban J connectivity index is 1.96. The molecule has 23 heavy (non-hydrogen) atoms. The van der Waals surface area contributed by atoms with Crippen molar-refractivity contribution in [3.05, 3.63) is 38.1 Å². The van der Waals surface area contributed by atoms with E-state index in [1.54, 1.807) is 13.0 Å². The molecule has 0 atom stereocenters. The summed E-state index contributed by atoms with van der Waals surface area (Å²) in [6.07, 6.45) is 3.93. The number of nitrogens with one attached hydrogen (secondary N) is 1. The highest BCUT2D eigenvalue weighted by atomic mass is 79.9. The second-order valence-corrected chi connectivity index (χ2v) is 7.31. The third kappa shape index (κ3) is 3.07. The lowest BCUT2D eigenvalue weighted by Gasteiger charge is -2.11. The molecule has 2 aromatic rings. The van der Waals surface area contributed by atoms with Gasteiger partial charge in [0.05, 0.1) is 12.7 Å². The number of hydrogen-bond donors (Lipinski definition) is 1. The van der Waals surface area contributed by atoms with Gasteiger partial charge in [0.1, 0.15) is 5.00 Å². The van der Waals surface area contributed by atoms with E-state index in [-0.39, 0.29) is 11.7 Å². The van der Waals surface area contributed by atoms with Crippen molar-refractivity contribution in [2.24, 2.45) is 0 Å². The van der Waals surface area contributed by atoms with Crippen LogP contribution in [0.15, 0.2) is 15.2 Å². The summed E-state index contributed by atoms with van der Waals surface area (Å²) in [5, 5.41) is 3.36. The van der Waals surface area contributed by atoms with Gasteiger partial charge in [-0.15, -0.1) is 11.3 Å². The number of hydrogen-bond acceptors (Lipinski definition) is 5. The van der Waals surface area contributed by atoms with E-state index in [4.69, 9.17) is 9.15 Å². The molecule has 1 aliphatic carbocycles. The Bertz CT molecular complexity index is 777. The van der Waals surface area contributed by atoms with E-state index in [1.165, 1.54) is 18.4 Å². The number of esters is 1. The van der Waals surface area contributed by atoms with Gasteiger partial charge in [-0.1, -0.05) is 0 Å². The van der Waals surface area contributed by atoms with Crippen LogP contribution in [0.3, 0.4) is 0 Å². The summed E-state index contributed by atoms with van der Waals surface area (Å²) in [5.74, 6) is -0.534. The second-order valence-electron chi connectivity index (χ2n) is 5.42. The zero-order chi connectivity index (χ0) is 16.6. The molecule has 2 aromatic heterocycles. The first kappa shape index (κ1) is 16.3. The van der Waals surface area contributed by atoms with Crippen molar-refractivity contribution < 1.29 is 18.7 Å². The Hall–Kier alpha value is -1.60. The van der Waals surface area contributed by atoms with Gasteiger partial charge in [-0.2, -0.15) is 0 Å². The lowest BCUT2D eigenvalue weighted by Crippen LogP contribution is -2.15. The number of aryl methyl sites for hydroxylation is 2. The molecule has 0 aromatic carbocycles. The maximum atomic E-state index is 12.5. The zero-order valence-electron chi connectivity index (χ0n) is 12.8. The molecular formula is C16H16BrNO4S. The molecule has 0 radical (unpaired) electrons. The number of ether oxygens (including phenoxy) is 1. The van der Waals surface area contributed by atoms with Crippen LogP contribution in [0.4, 0.5) is 5.00 Å². The number of halogens is 1. The molecule has 1 N–H and O–H groups in total. The van der Waals surface area contributed by atoms with Crippen LogP contribution in [0.2, 0.25) is 0 Å². The van der Waals surface area contributed by atoms with E-state index < -0.39 is 5.97 Å². The number of fused-ring (bicyclic) bond motifs is 1. The number of carbonyl (C=O) groups excluding carboxylic acids is 2. The Morgan fingerprint density at radius 3 is 2.74 bits per heavy atom. The van der Waals surface area contributed by atoms with Crippen molar-refractivity contribution in [2.75, 3.05) is 12.4 Å². The number of rotatable bonds is 3. The molecule has 0 saturated carbocycles. The van der Waals surface area contributed by atoms with E-state index in [0.717, 1.165) is 41.7 Å². The standard InChI is InChI=1S/C16H16BrNO4S/c1-8-7-11(17)22-13(8)14(19)18-15-12(16(20)21-2)9-5-3-4-6-10(9)23-15/h7H,3-6H2,1-2H3,(H,18,19). The molecule has 0 aliphatic heterocycles. The molecular weight excluding hydrogens is 382 g/mol. The molecule has 0 unspecified atom stereocenters. The van der Waals surface area contributed by atoms with Crippen molar-refractivity contribution in [2.45, 2.75) is 32.6 Å². The molecule has 0 bridgehead atoms. The Morgan fingerprint density at radius 2 is 2.09 bits per heavy atom. The summed E-state index contributed by atoms with van der Waals surface area (Å²) in [4.78, 5) is 25.8. The number of anilines is 1. The number of carbonyl (C=O) groups is 2. The second kappa shape index (κ2) is 6.49. The van der Waals surface area contributed by atoms with Gasteiger partial charge in [-0.25, -0.2) is 4.79 Å². The predicted molar refractivity (Wildman–Crippen MR) is 91.4 cm³/mol. The van der Waals surface area contributed by atoms with Crippen molar-refractivity contribution >= 4 is 44.1 Å². The van der Waals surface area contributed by atoms with E-state index in [9.17, 15) is 9.59 Å². The number of amides is 1. The normalized spacial score (nSPS) is 13.5. The minimum atomic E-state index is -0.406. The highest BCUT2D eigenvalue weighted by molar-refractivity contribution is 9.10. The molecule has 0 saturated heterocycles. The summed E-state index contributed by atoms with van der Waals surface area (Å²) in [5.41, 5.74) is 2.24. The smallest absolute Gasteiger partial charge is 0.341 e. The van der Waals surface area contributed by atoms with Crippen LogP contribution in [0.25, 0.3) is 0 Å². The Labute approximate surface area is 146 Å². The van der Waals surface area contributed by atoms with Crippen molar-refractivity contribution in [1.82, 2.24) is 0 Å². The molecule has 2 heterocycles. The molecule has 1 aliphatic rings. The van der Waals surface area contributed by atoms with Gasteiger partial charge in [0.25, 0.3) is 5.91 Å². The maximum Gasteiger partial charge on any atom is 0.341 e. The molecule has 0 fully saturated rings. The van der Waals surface area contributed by atoms with Crippen LogP contribution in [0.1, 0.15) is 49.8 Å². The summed E-state index contributed by atoms with van der Waals surface area (Å²) in [6.45, 7) is 1.80. The van der Waals surface area contributed by atoms with Crippen molar-refractivity contribution in [1.29, 1.82) is 0 Å². The predicted octanol–water partition coefficient (Wildman–Crippen LogP) is 4.33. The van der Waals surface area contributed by atoms with E-state index >= 15 is 0 Å². The van der Waals surface area contributed by atoms with Gasteiger partial charge in [0.15, 0.2) is 10.4 Å². The number of thiophene rings is 1. The molecule has 7 heteroatoms. The third-order valence-electron chi connectivity index (χ3n) is 3.88. The van der Waals surface area contributed by atoms with E-state index in [1.807, 2.05) is 0 Å². The van der Waals surface area contributed by atoms with Crippen LogP contribution in [0, 0.1) is 6.92 Å². The molecule has 122 valence electrons. The first-order valence-electron chi connectivity index (χ1n) is 7.31. The lowest BCUT2D eigenvalue weighted by molar-refractivity contribution is 0.0601. The Kier molecular flexibility index (Phi) is 4.59. The average molecular weight is 398 g/mol. The summed E-state index contributed by atoms with van der Waals surface area (Å²) in [7, 11) is 1.36. The largest absolute Gasteiger partial charge is 0.465 e. The van der Waals surface area contributed by atoms with Crippen LogP contribution < -0.4 is 5.32 Å². The molecule has 0 spiro atoms. The third-order valence-corrected chi connectivity index (χ3v) is 5.48. The van der Waals surface area contributed by atoms with Crippen molar-refractivity contribution in [3.8, 4) is 0 Å². The summed E-state index contributed by atoms with van der Waals surface area (Å²) >= 11 is 4.67. The van der Waals surface area contributed by atoms with E-state index in [0.29, 0.717) is 15.2 Å². The van der Waals surface area contributed by atoms with Crippen LogP contribution in [-0.4, -0.2) is 19.0 Å². The molecule has 5 nitrogen and oxygen atoms in total. The number of methoxy groups -OCH3 is 1.